The first-order chi connectivity index (χ1) is 11.7. The molecular formula is C17H20Li2NO6P. The summed E-state index contributed by atoms with van der Waals surface area (Å²) in [5, 5.41) is 11.4. The van der Waals surface area contributed by atoms with Crippen molar-refractivity contribution in [2.75, 3.05) is 12.0 Å². The summed E-state index contributed by atoms with van der Waals surface area (Å²) in [7, 11) is -3.88. The molecule has 2 atom stereocenters. The molecule has 136 valence electrons. The van der Waals surface area contributed by atoms with Crippen LogP contribution in [0, 0.1) is 0 Å². The summed E-state index contributed by atoms with van der Waals surface area (Å²) in [6, 6.07) is 14.5. The number of hydrogen-bond acceptors (Lipinski definition) is 4. The van der Waals surface area contributed by atoms with Gasteiger partial charge in [0.15, 0.2) is 0 Å². The quantitative estimate of drug-likeness (QED) is 0.349. The molecular weight excluding hydrogens is 359 g/mol. The van der Waals surface area contributed by atoms with Crippen molar-refractivity contribution in [2.45, 2.75) is 12.5 Å². The van der Waals surface area contributed by atoms with Crippen molar-refractivity contribution in [3.63, 3.8) is 0 Å². The van der Waals surface area contributed by atoms with Crippen molar-refractivity contribution in [1.29, 1.82) is 0 Å². The Kier molecular flexibility index (Phi) is 11.0. The molecule has 3 N–H and O–H groups in total. The third kappa shape index (κ3) is 8.97. The molecule has 0 aromatic heterocycles. The van der Waals surface area contributed by atoms with Gasteiger partial charge in [-0.1, -0.05) is 30.3 Å². The normalized spacial score (nSPS) is 13.3. The maximum absolute atomic E-state index is 12.4. The number of carboxylic acids is 1. The van der Waals surface area contributed by atoms with Crippen LogP contribution >= 0.6 is 7.60 Å². The van der Waals surface area contributed by atoms with Crippen LogP contribution in [0.5, 0.6) is 0 Å². The number of amides is 1. The first-order valence-corrected chi connectivity index (χ1v) is 9.44. The molecule has 7 nitrogen and oxygen atoms in total. The van der Waals surface area contributed by atoms with Gasteiger partial charge in [-0.3, -0.25) is 13.9 Å². The smallest absolute Gasteiger partial charge is 1.00 e. The van der Waals surface area contributed by atoms with Gasteiger partial charge in [0.25, 0.3) is 5.91 Å². The molecule has 2 rings (SSSR count). The van der Waals surface area contributed by atoms with Crippen LogP contribution in [0.1, 0.15) is 18.8 Å². The van der Waals surface area contributed by atoms with Crippen LogP contribution in [0.15, 0.2) is 54.6 Å². The van der Waals surface area contributed by atoms with Crippen LogP contribution < -0.4 is 43.0 Å². The van der Waals surface area contributed by atoms with Crippen LogP contribution in [0.25, 0.3) is 0 Å². The molecule has 27 heavy (non-hydrogen) atoms. The second kappa shape index (κ2) is 11.5. The topological polar surface area (TPSA) is 113 Å². The predicted octanol–water partition coefficient (Wildman–Crippen LogP) is -3.00. The molecule has 0 saturated carbocycles. The Morgan fingerprint density at radius 1 is 1.11 bits per heavy atom. The van der Waals surface area contributed by atoms with Crippen molar-refractivity contribution in [3.05, 3.63) is 65.7 Å². The maximum atomic E-state index is 12.4. The molecule has 2 aromatic carbocycles. The first-order valence-electron chi connectivity index (χ1n) is 7.41. The molecule has 1 amide bonds. The number of anilines is 1. The number of hydrogen-bond donors (Lipinski definition) is 3. The van der Waals surface area contributed by atoms with Crippen molar-refractivity contribution in [3.8, 4) is 0 Å². The van der Waals surface area contributed by atoms with E-state index in [1.807, 2.05) is 6.07 Å². The molecule has 10 heteroatoms. The van der Waals surface area contributed by atoms with Crippen molar-refractivity contribution in [2.24, 2.45) is 0 Å². The van der Waals surface area contributed by atoms with Gasteiger partial charge in [0.2, 0.25) is 0 Å². The summed E-state index contributed by atoms with van der Waals surface area (Å²) in [6.07, 6.45) is -1.04. The zero-order valence-electron chi connectivity index (χ0n) is 17.5. The monoisotopic (exact) mass is 379 g/mol. The fraction of sp³-hybridized carbons (Fsp3) is 0.176. The number of nitrogens with one attached hydrogen (secondary N) is 1. The second-order valence-electron chi connectivity index (χ2n) is 5.46. The Balaban J connectivity index is -0.00000169. The molecule has 0 saturated heterocycles. The Labute approximate surface area is 184 Å². The summed E-state index contributed by atoms with van der Waals surface area (Å²) in [5.74, 6) is -1.67. The van der Waals surface area contributed by atoms with E-state index in [2.05, 4.69) is 5.32 Å². The van der Waals surface area contributed by atoms with Crippen LogP contribution in [-0.2, 0) is 20.3 Å². The van der Waals surface area contributed by atoms with Crippen LogP contribution in [0.2, 0.25) is 0 Å². The zero-order chi connectivity index (χ0) is 18.4. The summed E-state index contributed by atoms with van der Waals surface area (Å²) in [5.41, 5.74) is 1.22. The molecule has 0 bridgehead atoms. The minimum absolute atomic E-state index is 0. The number of aromatic carboxylic acids is 1. The van der Waals surface area contributed by atoms with Gasteiger partial charge in [0.05, 0.1) is 5.56 Å². The van der Waals surface area contributed by atoms with E-state index in [-0.39, 0.29) is 52.6 Å². The minimum Gasteiger partial charge on any atom is -1.00 e. The van der Waals surface area contributed by atoms with E-state index in [0.29, 0.717) is 5.69 Å². The van der Waals surface area contributed by atoms with E-state index >= 15 is 0 Å². The average molecular weight is 379 g/mol. The summed E-state index contributed by atoms with van der Waals surface area (Å²) < 4.78 is 16.6. The van der Waals surface area contributed by atoms with Gasteiger partial charge in [-0.2, -0.15) is 0 Å². The summed E-state index contributed by atoms with van der Waals surface area (Å²) in [6.45, 7) is 1.01. The number of rotatable bonds is 7. The van der Waals surface area contributed by atoms with Crippen molar-refractivity contribution in [1.82, 2.24) is 0 Å². The van der Waals surface area contributed by atoms with Gasteiger partial charge < -0.3 is 18.2 Å². The van der Waals surface area contributed by atoms with Gasteiger partial charge in [0.1, 0.15) is 6.10 Å². The third-order valence-corrected chi connectivity index (χ3v) is 3.92. The predicted molar refractivity (Wildman–Crippen MR) is 95.0 cm³/mol. The van der Waals surface area contributed by atoms with E-state index in [9.17, 15) is 19.0 Å². The van der Waals surface area contributed by atoms with E-state index in [1.165, 1.54) is 24.3 Å². The minimum atomic E-state index is -3.88. The Morgan fingerprint density at radius 2 is 1.67 bits per heavy atom. The summed E-state index contributed by atoms with van der Waals surface area (Å²) in [4.78, 5) is 32.7. The van der Waals surface area contributed by atoms with E-state index in [4.69, 9.17) is 9.63 Å². The Hall–Kier alpha value is -1.28. The molecule has 0 radical (unpaired) electrons. The molecule has 1 unspecified atom stereocenters. The summed E-state index contributed by atoms with van der Waals surface area (Å²) >= 11 is 0. The number of carboxylic acid groups (broad SMARTS) is 1. The second-order valence-corrected chi connectivity index (χ2v) is 7.28. The van der Waals surface area contributed by atoms with Gasteiger partial charge in [-0.15, -0.1) is 0 Å². The van der Waals surface area contributed by atoms with Crippen LogP contribution in [0.4, 0.5) is 5.69 Å². The van der Waals surface area contributed by atoms with E-state index < -0.39 is 25.6 Å². The van der Waals surface area contributed by atoms with Crippen molar-refractivity contribution >= 4 is 25.2 Å². The molecule has 0 fully saturated rings. The Bertz CT molecular complexity index is 805. The standard InChI is InChI=1S/C17H18NO6P.2Li.2H/c1-25(22,23)24-15(11-12-5-3-2-4-6-12)16(19)18-14-9-7-13(8-10-14)17(20)21;;;;/h2-10,15H,11H2,1H3,(H,18,19)(H,20,21)(H,22,23);;;;/q;2*+1;2*-1/t15-;;;;/m0..../s1. The van der Waals surface area contributed by atoms with Crippen molar-refractivity contribution < 1.29 is 69.3 Å². The zero-order valence-corrected chi connectivity index (χ0v) is 16.3. The van der Waals surface area contributed by atoms with Crippen LogP contribution in [0.3, 0.4) is 0 Å². The van der Waals surface area contributed by atoms with E-state index in [1.54, 1.807) is 24.3 Å². The maximum Gasteiger partial charge on any atom is 1.00 e. The number of carbonyl (C=O) groups is 2. The average Bonchev–Trinajstić information content (AvgIpc) is 2.54. The van der Waals surface area contributed by atoms with Gasteiger partial charge in [0, 0.05) is 18.8 Å². The van der Waals surface area contributed by atoms with E-state index in [0.717, 1.165) is 12.2 Å². The Morgan fingerprint density at radius 3 is 2.15 bits per heavy atom. The SMILES string of the molecule is CP(=O)(O)O[C@@H](Cc1ccccc1)C(=O)Nc1ccc(C(=O)O)cc1.[H-].[H-].[Li+].[Li+]. The fourth-order valence-electron chi connectivity index (χ4n) is 2.16. The number of benzene rings is 2. The molecule has 0 aliphatic heterocycles. The van der Waals surface area contributed by atoms with Crippen LogP contribution in [-0.4, -0.2) is 34.6 Å². The first kappa shape index (κ1) is 25.7. The third-order valence-electron chi connectivity index (χ3n) is 3.28. The largest absolute Gasteiger partial charge is 1.00 e. The number of carbonyl (C=O) groups excluding carboxylic acids is 1. The molecule has 0 aliphatic carbocycles. The molecule has 0 aliphatic rings. The van der Waals surface area contributed by atoms with Gasteiger partial charge in [-0.25, -0.2) is 4.79 Å². The van der Waals surface area contributed by atoms with Gasteiger partial charge >= 0.3 is 51.3 Å². The van der Waals surface area contributed by atoms with Gasteiger partial charge in [-0.05, 0) is 29.8 Å². The fourth-order valence-corrected chi connectivity index (χ4v) is 2.80. The molecule has 2 aromatic rings. The molecule has 0 spiro atoms. The molecule has 0 heterocycles.